The van der Waals surface area contributed by atoms with Gasteiger partial charge in [0.15, 0.2) is 5.13 Å². The molecule has 6 nitrogen and oxygen atoms in total. The minimum Gasteiger partial charge on any atom is -0.326 e. The van der Waals surface area contributed by atoms with Crippen molar-refractivity contribution in [2.24, 2.45) is 0 Å². The predicted octanol–water partition coefficient (Wildman–Crippen LogP) is 4.69. The van der Waals surface area contributed by atoms with E-state index in [2.05, 4.69) is 25.6 Å². The number of hydrogen-bond donors (Lipinski definition) is 2. The van der Waals surface area contributed by atoms with Crippen LogP contribution in [0, 0.1) is 13.8 Å². The molecule has 0 saturated heterocycles. The number of thiazole rings is 2. The molecule has 1 aromatic carbocycles. The summed E-state index contributed by atoms with van der Waals surface area (Å²) in [5, 5.41) is 9.69. The van der Waals surface area contributed by atoms with Gasteiger partial charge in [0.05, 0.1) is 27.3 Å². The zero-order valence-electron chi connectivity index (χ0n) is 14.8. The molecule has 0 fully saturated rings. The number of amides is 1. The summed E-state index contributed by atoms with van der Waals surface area (Å²) in [6.07, 6.45) is 1.97. The number of rotatable bonds is 5. The standard InChI is InChI=1S/C19H17N5OS2/c1-11-5-6-20-17(7-11)24-19-23-14(10-26-19)9-18(25)22-13-3-4-16-15(8-13)21-12(2)27-16/h3-8,10H,9H2,1-2H3,(H,22,25)(H,20,23,24). The summed E-state index contributed by atoms with van der Waals surface area (Å²) in [5.74, 6) is 0.638. The molecule has 0 spiro atoms. The molecule has 136 valence electrons. The summed E-state index contributed by atoms with van der Waals surface area (Å²) >= 11 is 3.09. The van der Waals surface area contributed by atoms with Crippen molar-refractivity contribution in [3.8, 4) is 0 Å². The molecule has 0 saturated carbocycles. The first kappa shape index (κ1) is 17.6. The molecule has 0 bridgehead atoms. The van der Waals surface area contributed by atoms with Crippen molar-refractivity contribution in [2.45, 2.75) is 20.3 Å². The van der Waals surface area contributed by atoms with E-state index in [0.717, 1.165) is 43.1 Å². The third kappa shape index (κ3) is 4.29. The molecule has 0 atom stereocenters. The van der Waals surface area contributed by atoms with Crippen LogP contribution in [0.15, 0.2) is 41.9 Å². The molecule has 0 unspecified atom stereocenters. The SMILES string of the molecule is Cc1ccnc(Nc2nc(CC(=O)Nc3ccc4sc(C)nc4c3)cs2)c1. The van der Waals surface area contributed by atoms with Gasteiger partial charge in [-0.2, -0.15) is 0 Å². The number of nitrogens with one attached hydrogen (secondary N) is 2. The fraction of sp³-hybridized carbons (Fsp3) is 0.158. The summed E-state index contributed by atoms with van der Waals surface area (Å²) in [5.41, 5.74) is 3.49. The average Bonchev–Trinajstić information content (AvgIpc) is 3.19. The normalized spacial score (nSPS) is 10.9. The van der Waals surface area contributed by atoms with Gasteiger partial charge in [0.25, 0.3) is 0 Å². The van der Waals surface area contributed by atoms with Gasteiger partial charge in [-0.05, 0) is 49.7 Å². The Hall–Kier alpha value is -2.84. The van der Waals surface area contributed by atoms with Crippen LogP contribution in [-0.2, 0) is 11.2 Å². The summed E-state index contributed by atoms with van der Waals surface area (Å²) in [6, 6.07) is 9.66. The summed E-state index contributed by atoms with van der Waals surface area (Å²) in [4.78, 5) is 25.5. The first-order valence-corrected chi connectivity index (χ1v) is 10.1. The molecule has 0 aliphatic rings. The summed E-state index contributed by atoms with van der Waals surface area (Å²) in [7, 11) is 0. The second-order valence-corrected chi connectivity index (χ2v) is 8.22. The van der Waals surface area contributed by atoms with Gasteiger partial charge < -0.3 is 10.6 Å². The van der Waals surface area contributed by atoms with E-state index in [1.54, 1.807) is 17.5 Å². The molecule has 4 aromatic rings. The number of benzene rings is 1. The van der Waals surface area contributed by atoms with E-state index >= 15 is 0 Å². The lowest BCUT2D eigenvalue weighted by atomic mass is 10.2. The lowest BCUT2D eigenvalue weighted by molar-refractivity contribution is -0.115. The number of aryl methyl sites for hydroxylation is 2. The van der Waals surface area contributed by atoms with Crippen molar-refractivity contribution in [1.29, 1.82) is 0 Å². The van der Waals surface area contributed by atoms with E-state index in [1.165, 1.54) is 11.3 Å². The first-order valence-electron chi connectivity index (χ1n) is 8.36. The third-order valence-corrected chi connectivity index (χ3v) is 5.58. The number of carbonyl (C=O) groups excluding carboxylic acids is 1. The number of pyridine rings is 1. The highest BCUT2D eigenvalue weighted by Crippen LogP contribution is 2.25. The van der Waals surface area contributed by atoms with Crippen LogP contribution in [0.5, 0.6) is 0 Å². The Balaban J connectivity index is 1.39. The molecule has 3 aromatic heterocycles. The molecule has 27 heavy (non-hydrogen) atoms. The molecule has 4 rings (SSSR count). The molecule has 2 N–H and O–H groups in total. The topological polar surface area (TPSA) is 79.8 Å². The van der Waals surface area contributed by atoms with Gasteiger partial charge in [-0.15, -0.1) is 22.7 Å². The Bertz CT molecular complexity index is 1120. The zero-order valence-corrected chi connectivity index (χ0v) is 16.4. The lowest BCUT2D eigenvalue weighted by Crippen LogP contribution is -2.14. The Kier molecular flexibility index (Phi) is 4.83. The zero-order chi connectivity index (χ0) is 18.8. The number of nitrogens with zero attached hydrogens (tertiary/aromatic N) is 3. The Morgan fingerprint density at radius 2 is 2.04 bits per heavy atom. The van der Waals surface area contributed by atoms with Crippen LogP contribution in [0.25, 0.3) is 10.2 Å². The number of anilines is 3. The van der Waals surface area contributed by atoms with E-state index in [4.69, 9.17) is 0 Å². The monoisotopic (exact) mass is 395 g/mol. The van der Waals surface area contributed by atoms with Crippen LogP contribution >= 0.6 is 22.7 Å². The van der Waals surface area contributed by atoms with Gasteiger partial charge in [-0.1, -0.05) is 0 Å². The van der Waals surface area contributed by atoms with Gasteiger partial charge >= 0.3 is 0 Å². The molecule has 0 aliphatic heterocycles. The Morgan fingerprint density at radius 1 is 1.15 bits per heavy atom. The van der Waals surface area contributed by atoms with E-state index in [-0.39, 0.29) is 12.3 Å². The summed E-state index contributed by atoms with van der Waals surface area (Å²) < 4.78 is 1.12. The smallest absolute Gasteiger partial charge is 0.230 e. The third-order valence-electron chi connectivity index (χ3n) is 3.82. The van der Waals surface area contributed by atoms with Gasteiger partial charge in [0, 0.05) is 17.3 Å². The van der Waals surface area contributed by atoms with Gasteiger partial charge in [0.1, 0.15) is 5.82 Å². The number of aromatic nitrogens is 3. The summed E-state index contributed by atoms with van der Waals surface area (Å²) in [6.45, 7) is 3.98. The second-order valence-electron chi connectivity index (χ2n) is 6.13. The fourth-order valence-corrected chi connectivity index (χ4v) is 4.17. The fourth-order valence-electron chi connectivity index (χ4n) is 2.65. The number of carbonyl (C=O) groups is 1. The van der Waals surface area contributed by atoms with E-state index in [1.807, 2.05) is 49.6 Å². The van der Waals surface area contributed by atoms with Crippen LogP contribution in [0.4, 0.5) is 16.6 Å². The average molecular weight is 396 g/mol. The highest BCUT2D eigenvalue weighted by molar-refractivity contribution is 7.18. The molecule has 0 radical (unpaired) electrons. The molecule has 0 aliphatic carbocycles. The molecule has 1 amide bonds. The minimum atomic E-state index is -0.105. The highest BCUT2D eigenvalue weighted by Gasteiger charge is 2.10. The lowest BCUT2D eigenvalue weighted by Gasteiger charge is -2.04. The van der Waals surface area contributed by atoms with Crippen molar-refractivity contribution in [3.63, 3.8) is 0 Å². The van der Waals surface area contributed by atoms with Crippen LogP contribution < -0.4 is 10.6 Å². The maximum absolute atomic E-state index is 12.3. The Morgan fingerprint density at radius 3 is 2.89 bits per heavy atom. The maximum atomic E-state index is 12.3. The van der Waals surface area contributed by atoms with Crippen LogP contribution in [-0.4, -0.2) is 20.9 Å². The second kappa shape index (κ2) is 7.42. The van der Waals surface area contributed by atoms with E-state index in [0.29, 0.717) is 0 Å². The molecular formula is C19H17N5OS2. The van der Waals surface area contributed by atoms with Crippen molar-refractivity contribution >= 4 is 55.4 Å². The van der Waals surface area contributed by atoms with E-state index in [9.17, 15) is 4.79 Å². The van der Waals surface area contributed by atoms with Crippen molar-refractivity contribution in [1.82, 2.24) is 15.0 Å². The van der Waals surface area contributed by atoms with Gasteiger partial charge in [-0.3, -0.25) is 4.79 Å². The quantitative estimate of drug-likeness (QED) is 0.512. The maximum Gasteiger partial charge on any atom is 0.230 e. The first-order chi connectivity index (χ1) is 13.0. The predicted molar refractivity (Wildman–Crippen MR) is 111 cm³/mol. The van der Waals surface area contributed by atoms with Crippen LogP contribution in [0.3, 0.4) is 0 Å². The van der Waals surface area contributed by atoms with Crippen molar-refractivity contribution < 1.29 is 4.79 Å². The number of hydrogen-bond acceptors (Lipinski definition) is 7. The van der Waals surface area contributed by atoms with E-state index < -0.39 is 0 Å². The largest absolute Gasteiger partial charge is 0.326 e. The van der Waals surface area contributed by atoms with Crippen molar-refractivity contribution in [3.05, 3.63) is 58.2 Å². The molecular weight excluding hydrogens is 378 g/mol. The number of fused-ring (bicyclic) bond motifs is 1. The molecule has 8 heteroatoms. The highest BCUT2D eigenvalue weighted by atomic mass is 32.1. The minimum absolute atomic E-state index is 0.105. The molecule has 3 heterocycles. The van der Waals surface area contributed by atoms with Crippen LogP contribution in [0.2, 0.25) is 0 Å². The Labute approximate surface area is 164 Å². The van der Waals surface area contributed by atoms with Crippen LogP contribution in [0.1, 0.15) is 16.3 Å². The van der Waals surface area contributed by atoms with Gasteiger partial charge in [-0.25, -0.2) is 15.0 Å². The van der Waals surface area contributed by atoms with Crippen molar-refractivity contribution in [2.75, 3.05) is 10.6 Å². The van der Waals surface area contributed by atoms with Gasteiger partial charge in [0.2, 0.25) is 5.91 Å².